The molecule has 2 aliphatic heterocycles. The Morgan fingerprint density at radius 2 is 1.71 bits per heavy atom. The monoisotopic (exact) mass is 343 g/mol. The van der Waals surface area contributed by atoms with Crippen molar-refractivity contribution in [2.24, 2.45) is 0 Å². The van der Waals surface area contributed by atoms with Crippen molar-refractivity contribution >= 4 is 15.8 Å². The predicted octanol–water partition coefficient (Wildman–Crippen LogP) is 1.81. The van der Waals surface area contributed by atoms with E-state index in [1.54, 1.807) is 12.1 Å². The third-order valence-corrected chi connectivity index (χ3v) is 7.22. The molecule has 24 heavy (non-hydrogen) atoms. The molecule has 2 heterocycles. The van der Waals surface area contributed by atoms with E-state index in [0.29, 0.717) is 4.90 Å². The predicted molar refractivity (Wildman–Crippen MR) is 88.3 cm³/mol. The van der Waals surface area contributed by atoms with Crippen molar-refractivity contribution in [3.05, 3.63) is 65.7 Å². The van der Waals surface area contributed by atoms with Crippen LogP contribution in [0.5, 0.6) is 0 Å². The minimum atomic E-state index is -3.59. The Morgan fingerprint density at radius 1 is 1.04 bits per heavy atom. The number of rotatable bonds is 2. The highest BCUT2D eigenvalue weighted by Crippen LogP contribution is 2.52. The summed E-state index contributed by atoms with van der Waals surface area (Å²) in [7, 11) is -2.31. The van der Waals surface area contributed by atoms with Gasteiger partial charge in [-0.3, -0.25) is 10.1 Å². The van der Waals surface area contributed by atoms with Crippen LogP contribution in [-0.2, 0) is 19.4 Å². The molecule has 2 aromatic carbocycles. The Morgan fingerprint density at radius 3 is 2.42 bits per heavy atom. The molecular weight excluding hydrogens is 326 g/mol. The molecule has 4 rings (SSSR count). The van der Waals surface area contributed by atoms with E-state index in [0.717, 1.165) is 11.1 Å². The van der Waals surface area contributed by atoms with Gasteiger partial charge in [-0.1, -0.05) is 48.5 Å². The Bertz CT molecular complexity index is 894. The fraction of sp³-hybridized carbons (Fsp3) is 0.278. The second-order valence-corrected chi connectivity index (χ2v) is 8.20. The minimum Gasteiger partial charge on any atom is -0.468 e. The first-order valence-electron chi connectivity index (χ1n) is 7.77. The van der Waals surface area contributed by atoms with Crippen molar-refractivity contribution in [2.75, 3.05) is 7.11 Å². The summed E-state index contributed by atoms with van der Waals surface area (Å²) >= 11 is 0. The molecule has 1 N–H and O–H groups in total. The molecule has 0 radical (unpaired) electrons. The van der Waals surface area contributed by atoms with E-state index in [1.807, 2.05) is 42.5 Å². The molecule has 0 spiro atoms. The van der Waals surface area contributed by atoms with Crippen molar-refractivity contribution in [3.8, 4) is 0 Å². The van der Waals surface area contributed by atoms with Gasteiger partial charge in [0.2, 0.25) is 0 Å². The van der Waals surface area contributed by atoms with Gasteiger partial charge >= 0.3 is 5.97 Å². The van der Waals surface area contributed by atoms with Crippen LogP contribution >= 0.6 is 0 Å². The van der Waals surface area contributed by atoms with Crippen LogP contribution in [0.25, 0.3) is 0 Å². The molecule has 6 heteroatoms. The first-order chi connectivity index (χ1) is 11.6. The normalized spacial score (nSPS) is 29.7. The van der Waals surface area contributed by atoms with Gasteiger partial charge in [0, 0.05) is 12.0 Å². The summed E-state index contributed by atoms with van der Waals surface area (Å²) in [6, 6.07) is 15.5. The number of carbonyl (C=O) groups is 1. The molecule has 1 fully saturated rings. The van der Waals surface area contributed by atoms with Crippen molar-refractivity contribution in [1.82, 2.24) is 5.32 Å². The molecule has 124 valence electrons. The van der Waals surface area contributed by atoms with Crippen LogP contribution in [0.15, 0.2) is 59.5 Å². The number of hydrogen-bond donors (Lipinski definition) is 1. The van der Waals surface area contributed by atoms with E-state index in [2.05, 4.69) is 5.32 Å². The molecule has 0 amide bonds. The fourth-order valence-corrected chi connectivity index (χ4v) is 6.30. The van der Waals surface area contributed by atoms with Crippen LogP contribution in [0.2, 0.25) is 0 Å². The molecule has 2 aromatic rings. The minimum absolute atomic E-state index is 0.251. The Labute approximate surface area is 140 Å². The first kappa shape index (κ1) is 15.4. The van der Waals surface area contributed by atoms with Gasteiger partial charge < -0.3 is 4.74 Å². The largest absolute Gasteiger partial charge is 0.468 e. The van der Waals surface area contributed by atoms with E-state index in [9.17, 15) is 13.2 Å². The fourth-order valence-electron chi connectivity index (χ4n) is 3.97. The van der Waals surface area contributed by atoms with Gasteiger partial charge in [-0.05, 0) is 17.2 Å². The standard InChI is InChI=1S/C18H17NO4S/c1-23-18(20)16-17-14(15(19-16)11-7-3-2-4-8-11)12-9-5-6-10-13(12)24(17,21)22/h2-10,14-17,19H,1H3/t14-,15+,16+,17-/m1/s1. The lowest BCUT2D eigenvalue weighted by molar-refractivity contribution is -0.142. The van der Waals surface area contributed by atoms with Gasteiger partial charge in [0.05, 0.1) is 12.0 Å². The summed E-state index contributed by atoms with van der Waals surface area (Å²) < 4.78 is 30.9. The number of carbonyl (C=O) groups excluding carboxylic acids is 1. The molecule has 0 saturated carbocycles. The maximum Gasteiger partial charge on any atom is 0.324 e. The lowest BCUT2D eigenvalue weighted by Crippen LogP contribution is -2.42. The van der Waals surface area contributed by atoms with Gasteiger partial charge in [-0.2, -0.15) is 0 Å². The summed E-state index contributed by atoms with van der Waals surface area (Å²) in [6.45, 7) is 0. The molecule has 2 aliphatic rings. The number of hydrogen-bond acceptors (Lipinski definition) is 5. The van der Waals surface area contributed by atoms with Gasteiger partial charge in [0.25, 0.3) is 0 Å². The average molecular weight is 343 g/mol. The smallest absolute Gasteiger partial charge is 0.324 e. The molecule has 0 bridgehead atoms. The topological polar surface area (TPSA) is 72.5 Å². The summed E-state index contributed by atoms with van der Waals surface area (Å²) in [4.78, 5) is 12.6. The molecule has 1 saturated heterocycles. The van der Waals surface area contributed by atoms with Crippen LogP contribution in [0, 0.1) is 0 Å². The molecule has 4 atom stereocenters. The van der Waals surface area contributed by atoms with Gasteiger partial charge in [-0.15, -0.1) is 0 Å². The molecule has 0 aromatic heterocycles. The van der Waals surface area contributed by atoms with Crippen LogP contribution in [-0.4, -0.2) is 32.8 Å². The second kappa shape index (κ2) is 5.43. The maximum atomic E-state index is 13.0. The quantitative estimate of drug-likeness (QED) is 0.842. The molecule has 5 nitrogen and oxygen atoms in total. The van der Waals surface area contributed by atoms with E-state index >= 15 is 0 Å². The Hall–Kier alpha value is -2.18. The van der Waals surface area contributed by atoms with Gasteiger partial charge in [0.15, 0.2) is 9.84 Å². The van der Waals surface area contributed by atoms with Crippen LogP contribution in [0.3, 0.4) is 0 Å². The summed E-state index contributed by atoms with van der Waals surface area (Å²) in [5.74, 6) is -0.850. The number of fused-ring (bicyclic) bond motifs is 3. The van der Waals surface area contributed by atoms with E-state index in [4.69, 9.17) is 4.74 Å². The zero-order valence-electron chi connectivity index (χ0n) is 13.0. The molecule has 0 unspecified atom stereocenters. The molecular formula is C18H17NO4S. The van der Waals surface area contributed by atoms with E-state index in [1.165, 1.54) is 7.11 Å². The van der Waals surface area contributed by atoms with E-state index in [-0.39, 0.29) is 12.0 Å². The zero-order chi connectivity index (χ0) is 16.9. The maximum absolute atomic E-state index is 13.0. The third kappa shape index (κ3) is 2.03. The summed E-state index contributed by atoms with van der Waals surface area (Å²) in [6.07, 6.45) is 0. The Kier molecular flexibility index (Phi) is 3.47. The average Bonchev–Trinajstić information content (AvgIpc) is 3.12. The van der Waals surface area contributed by atoms with Crippen molar-refractivity contribution in [2.45, 2.75) is 28.1 Å². The summed E-state index contributed by atoms with van der Waals surface area (Å²) in [5.41, 5.74) is 1.74. The molecule has 0 aliphatic carbocycles. The van der Waals surface area contributed by atoms with E-state index < -0.39 is 27.1 Å². The number of benzene rings is 2. The van der Waals surface area contributed by atoms with Gasteiger partial charge in [0.1, 0.15) is 11.3 Å². The number of methoxy groups -OCH3 is 1. The highest BCUT2D eigenvalue weighted by atomic mass is 32.2. The summed E-state index contributed by atoms with van der Waals surface area (Å²) in [5, 5.41) is 2.36. The highest BCUT2D eigenvalue weighted by molar-refractivity contribution is 7.92. The van der Waals surface area contributed by atoms with Crippen LogP contribution in [0.1, 0.15) is 23.1 Å². The lowest BCUT2D eigenvalue weighted by atomic mass is 9.87. The number of ether oxygens (including phenoxy) is 1. The van der Waals surface area contributed by atoms with Crippen molar-refractivity contribution in [3.63, 3.8) is 0 Å². The van der Waals surface area contributed by atoms with Gasteiger partial charge in [-0.25, -0.2) is 8.42 Å². The number of esters is 1. The number of sulfone groups is 1. The van der Waals surface area contributed by atoms with Crippen molar-refractivity contribution in [1.29, 1.82) is 0 Å². The lowest BCUT2D eigenvalue weighted by Gasteiger charge is -2.19. The Balaban J connectivity index is 1.91. The van der Waals surface area contributed by atoms with Crippen LogP contribution in [0.4, 0.5) is 0 Å². The first-order valence-corrected chi connectivity index (χ1v) is 9.32. The SMILES string of the molecule is COC(=O)[C@H]1N[C@@H](c2ccccc2)[C@H]2c3ccccc3S(=O)(=O)[C@H]21. The third-order valence-electron chi connectivity index (χ3n) is 4.96. The highest BCUT2D eigenvalue weighted by Gasteiger charge is 2.59. The van der Waals surface area contributed by atoms with Crippen LogP contribution < -0.4 is 5.32 Å². The number of nitrogens with one attached hydrogen (secondary N) is 1. The zero-order valence-corrected chi connectivity index (χ0v) is 13.9. The van der Waals surface area contributed by atoms with Crippen molar-refractivity contribution < 1.29 is 17.9 Å². The second-order valence-electron chi connectivity index (χ2n) is 6.13.